The molecule has 0 aliphatic rings. The molecule has 0 saturated carbocycles. The fraction of sp³-hybridized carbons (Fsp3) is 0.105. The van der Waals surface area contributed by atoms with E-state index in [1.807, 2.05) is 12.3 Å². The maximum absolute atomic E-state index is 12.5. The summed E-state index contributed by atoms with van der Waals surface area (Å²) in [4.78, 5) is 39.4. The van der Waals surface area contributed by atoms with Crippen molar-refractivity contribution in [3.8, 4) is 0 Å². The fourth-order valence-corrected chi connectivity index (χ4v) is 4.23. The van der Waals surface area contributed by atoms with E-state index >= 15 is 0 Å². The average molecular weight is 413 g/mol. The third-order valence-electron chi connectivity index (χ3n) is 3.76. The van der Waals surface area contributed by atoms with Gasteiger partial charge in [-0.2, -0.15) is 0 Å². The monoisotopic (exact) mass is 413 g/mol. The van der Waals surface area contributed by atoms with Crippen molar-refractivity contribution in [1.29, 1.82) is 0 Å². The number of amides is 1. The van der Waals surface area contributed by atoms with Gasteiger partial charge in [-0.3, -0.25) is 19.7 Å². The van der Waals surface area contributed by atoms with E-state index in [0.717, 1.165) is 5.69 Å². The number of nitrogens with one attached hydrogen (secondary N) is 1. The molecule has 1 N–H and O–H groups in total. The first kappa shape index (κ1) is 19.7. The van der Waals surface area contributed by atoms with Crippen LogP contribution in [-0.2, 0) is 0 Å². The van der Waals surface area contributed by atoms with E-state index in [1.54, 1.807) is 30.3 Å². The zero-order valence-corrected chi connectivity index (χ0v) is 16.6. The van der Waals surface area contributed by atoms with Crippen LogP contribution in [0, 0.1) is 17.0 Å². The minimum absolute atomic E-state index is 0.0722. The maximum atomic E-state index is 12.5. The summed E-state index contributed by atoms with van der Waals surface area (Å²) in [5.74, 6) is -0.544. The predicted molar refractivity (Wildman–Crippen MR) is 108 cm³/mol. The molecule has 28 heavy (non-hydrogen) atoms. The molecule has 0 aliphatic carbocycles. The van der Waals surface area contributed by atoms with Gasteiger partial charge in [-0.05, 0) is 50.2 Å². The molecule has 142 valence electrons. The molecule has 0 atom stereocenters. The minimum atomic E-state index is -0.513. The first-order valence-electron chi connectivity index (χ1n) is 8.14. The Balaban J connectivity index is 1.81. The molecule has 0 saturated heterocycles. The van der Waals surface area contributed by atoms with Crippen molar-refractivity contribution >= 4 is 46.2 Å². The molecule has 0 spiro atoms. The molecule has 3 aromatic rings. The predicted octanol–water partition coefficient (Wildman–Crippen LogP) is 4.97. The largest absolute Gasteiger partial charge is 0.322 e. The van der Waals surface area contributed by atoms with E-state index in [2.05, 4.69) is 10.3 Å². The van der Waals surface area contributed by atoms with E-state index in [0.29, 0.717) is 20.5 Å². The van der Waals surface area contributed by atoms with Gasteiger partial charge in [0.1, 0.15) is 0 Å². The number of hydrogen-bond acceptors (Lipinski definition) is 7. The highest BCUT2D eigenvalue weighted by atomic mass is 32.2. The van der Waals surface area contributed by atoms with E-state index < -0.39 is 10.8 Å². The number of carbonyl (C=O) groups excluding carboxylic acids is 2. The Kier molecular flexibility index (Phi) is 5.86. The van der Waals surface area contributed by atoms with Crippen molar-refractivity contribution in [1.82, 2.24) is 4.98 Å². The van der Waals surface area contributed by atoms with Crippen LogP contribution in [0.1, 0.15) is 33.3 Å². The van der Waals surface area contributed by atoms with Crippen LogP contribution in [0.4, 0.5) is 11.4 Å². The molecular formula is C19H15N3O4S2. The molecule has 0 bridgehead atoms. The Morgan fingerprint density at radius 1 is 1.14 bits per heavy atom. The molecule has 1 amide bonds. The highest BCUT2D eigenvalue weighted by Gasteiger charge is 2.19. The van der Waals surface area contributed by atoms with Gasteiger partial charge >= 0.3 is 0 Å². The summed E-state index contributed by atoms with van der Waals surface area (Å²) in [5.41, 5.74) is 1.89. The summed E-state index contributed by atoms with van der Waals surface area (Å²) in [5, 5.41) is 16.0. The normalized spacial score (nSPS) is 10.5. The Labute approximate surface area is 169 Å². The smallest absolute Gasteiger partial charge is 0.284 e. The third kappa shape index (κ3) is 4.62. The number of nitrogens with zero attached hydrogens (tertiary/aromatic N) is 2. The zero-order chi connectivity index (χ0) is 20.3. The van der Waals surface area contributed by atoms with Gasteiger partial charge in [-0.25, -0.2) is 4.98 Å². The standard InChI is InChI=1S/C19H15N3O4S2/c1-11-10-27-19(20-11)28-17-8-5-14(9-16(17)22(25)26)18(24)21-15-6-3-13(4-7-15)12(2)23/h3-10H,1-2H3,(H,21,24). The lowest BCUT2D eigenvalue weighted by molar-refractivity contribution is -0.387. The van der Waals surface area contributed by atoms with Crippen molar-refractivity contribution in [3.05, 3.63) is 74.8 Å². The minimum Gasteiger partial charge on any atom is -0.322 e. The van der Waals surface area contributed by atoms with Crippen molar-refractivity contribution in [3.63, 3.8) is 0 Å². The number of aryl methyl sites for hydroxylation is 1. The van der Waals surface area contributed by atoms with Gasteiger partial charge in [0.15, 0.2) is 10.1 Å². The summed E-state index contributed by atoms with van der Waals surface area (Å²) in [6.07, 6.45) is 0. The van der Waals surface area contributed by atoms with Crippen LogP contribution >= 0.6 is 23.1 Å². The van der Waals surface area contributed by atoms with E-state index in [9.17, 15) is 19.7 Å². The SMILES string of the molecule is CC(=O)c1ccc(NC(=O)c2ccc(Sc3nc(C)cs3)c([N+](=O)[O-])c2)cc1. The molecule has 7 nitrogen and oxygen atoms in total. The number of Topliss-reactive ketones (excluding diaryl/α,β-unsaturated/α-hetero) is 1. The molecular weight excluding hydrogens is 398 g/mol. The number of nitro benzene ring substituents is 1. The number of aromatic nitrogens is 1. The number of thiazole rings is 1. The van der Waals surface area contributed by atoms with Gasteiger partial charge < -0.3 is 5.32 Å². The Bertz CT molecular complexity index is 1060. The Morgan fingerprint density at radius 2 is 1.82 bits per heavy atom. The summed E-state index contributed by atoms with van der Waals surface area (Å²) >= 11 is 2.60. The lowest BCUT2D eigenvalue weighted by Gasteiger charge is -2.07. The van der Waals surface area contributed by atoms with Crippen LogP contribution in [0.3, 0.4) is 0 Å². The van der Waals surface area contributed by atoms with Crippen LogP contribution in [0.15, 0.2) is 57.1 Å². The van der Waals surface area contributed by atoms with Gasteiger partial charge in [0.25, 0.3) is 11.6 Å². The first-order valence-corrected chi connectivity index (χ1v) is 9.84. The third-order valence-corrected chi connectivity index (χ3v) is 5.88. The number of carbonyl (C=O) groups is 2. The van der Waals surface area contributed by atoms with Crippen LogP contribution < -0.4 is 5.32 Å². The number of hydrogen-bond donors (Lipinski definition) is 1. The lowest BCUT2D eigenvalue weighted by atomic mass is 10.1. The second-order valence-corrected chi connectivity index (χ2v) is 8.03. The molecule has 2 aromatic carbocycles. The molecule has 0 radical (unpaired) electrons. The van der Waals surface area contributed by atoms with E-state index in [4.69, 9.17) is 0 Å². The quantitative estimate of drug-likeness (QED) is 0.348. The second kappa shape index (κ2) is 8.32. The van der Waals surface area contributed by atoms with Gasteiger partial charge in [-0.1, -0.05) is 11.8 Å². The van der Waals surface area contributed by atoms with E-state index in [1.165, 1.54) is 42.2 Å². The van der Waals surface area contributed by atoms with Crippen molar-refractivity contribution in [2.45, 2.75) is 23.1 Å². The highest BCUT2D eigenvalue weighted by Crippen LogP contribution is 2.36. The number of nitro groups is 1. The summed E-state index contributed by atoms with van der Waals surface area (Å²) in [7, 11) is 0. The van der Waals surface area contributed by atoms with Crippen LogP contribution in [0.2, 0.25) is 0 Å². The summed E-state index contributed by atoms with van der Waals surface area (Å²) in [6, 6.07) is 10.8. The first-order chi connectivity index (χ1) is 13.3. The van der Waals surface area contributed by atoms with E-state index in [-0.39, 0.29) is 17.0 Å². The Morgan fingerprint density at radius 3 is 2.39 bits per heavy atom. The number of anilines is 1. The molecule has 1 aromatic heterocycles. The zero-order valence-electron chi connectivity index (χ0n) is 15.0. The van der Waals surface area contributed by atoms with Crippen molar-refractivity contribution in [2.75, 3.05) is 5.32 Å². The maximum Gasteiger partial charge on any atom is 0.284 e. The van der Waals surface area contributed by atoms with Crippen LogP contribution in [-0.4, -0.2) is 21.6 Å². The average Bonchev–Trinajstić information content (AvgIpc) is 3.07. The van der Waals surface area contributed by atoms with Crippen molar-refractivity contribution < 1.29 is 14.5 Å². The van der Waals surface area contributed by atoms with Gasteiger partial charge in [0.05, 0.1) is 9.82 Å². The molecule has 0 aliphatic heterocycles. The Hall–Kier alpha value is -3.04. The molecule has 9 heteroatoms. The summed E-state index contributed by atoms with van der Waals surface area (Å²) in [6.45, 7) is 3.31. The fourth-order valence-electron chi connectivity index (χ4n) is 2.35. The van der Waals surface area contributed by atoms with Crippen molar-refractivity contribution in [2.24, 2.45) is 0 Å². The van der Waals surface area contributed by atoms with Gasteiger partial charge in [0, 0.05) is 34.0 Å². The molecule has 0 fully saturated rings. The van der Waals surface area contributed by atoms with Crippen LogP contribution in [0.5, 0.6) is 0 Å². The van der Waals surface area contributed by atoms with Crippen LogP contribution in [0.25, 0.3) is 0 Å². The molecule has 0 unspecified atom stereocenters. The number of rotatable bonds is 6. The highest BCUT2D eigenvalue weighted by molar-refractivity contribution is 8.01. The lowest BCUT2D eigenvalue weighted by Crippen LogP contribution is -2.12. The van der Waals surface area contributed by atoms with Gasteiger partial charge in [0.2, 0.25) is 0 Å². The second-order valence-electron chi connectivity index (χ2n) is 5.88. The molecule has 3 rings (SSSR count). The number of ketones is 1. The topological polar surface area (TPSA) is 102 Å². The van der Waals surface area contributed by atoms with Gasteiger partial charge in [-0.15, -0.1) is 11.3 Å². The summed E-state index contributed by atoms with van der Waals surface area (Å²) < 4.78 is 0.698. The number of benzene rings is 2. The molecule has 1 heterocycles.